The summed E-state index contributed by atoms with van der Waals surface area (Å²) in [6, 6.07) is 6.53. The number of nitrogens with zero attached hydrogens (tertiary/aromatic N) is 1. The number of aromatic nitrogens is 1. The van der Waals surface area contributed by atoms with E-state index >= 15 is 0 Å². The van der Waals surface area contributed by atoms with Crippen molar-refractivity contribution in [2.24, 2.45) is 0 Å². The molecule has 4 heteroatoms. The van der Waals surface area contributed by atoms with E-state index in [4.69, 9.17) is 0 Å². The molecule has 0 saturated carbocycles. The van der Waals surface area contributed by atoms with Gasteiger partial charge in [0.2, 0.25) is 0 Å². The van der Waals surface area contributed by atoms with Crippen LogP contribution < -0.4 is 5.32 Å². The third-order valence-corrected chi connectivity index (χ3v) is 3.03. The summed E-state index contributed by atoms with van der Waals surface area (Å²) >= 11 is 1.59. The molecule has 0 aliphatic rings. The third-order valence-electron chi connectivity index (χ3n) is 2.19. The quantitative estimate of drug-likeness (QED) is 0.863. The highest BCUT2D eigenvalue weighted by Gasteiger charge is 2.13. The zero-order valence-electron chi connectivity index (χ0n) is 8.27. The Labute approximate surface area is 91.8 Å². The fourth-order valence-electron chi connectivity index (χ4n) is 1.46. The number of hydrogen-bond donors (Lipinski definition) is 1. The standard InChI is InChI=1S/C11H11FN2S/c1-13-10(11-14-6-7-15-11)8-2-4-9(12)5-3-8/h2-7,10,13H,1H3. The molecule has 0 radical (unpaired) electrons. The van der Waals surface area contributed by atoms with Crippen LogP contribution in [0.4, 0.5) is 4.39 Å². The van der Waals surface area contributed by atoms with Gasteiger partial charge in [0.15, 0.2) is 0 Å². The van der Waals surface area contributed by atoms with Crippen molar-refractivity contribution >= 4 is 11.3 Å². The summed E-state index contributed by atoms with van der Waals surface area (Å²) in [5, 5.41) is 6.09. The smallest absolute Gasteiger partial charge is 0.123 e. The first kappa shape index (κ1) is 10.3. The Morgan fingerprint density at radius 2 is 2.07 bits per heavy atom. The van der Waals surface area contributed by atoms with Gasteiger partial charge in [-0.2, -0.15) is 0 Å². The van der Waals surface area contributed by atoms with Gasteiger partial charge in [-0.15, -0.1) is 11.3 Å². The molecule has 15 heavy (non-hydrogen) atoms. The average molecular weight is 222 g/mol. The first-order chi connectivity index (χ1) is 7.31. The van der Waals surface area contributed by atoms with Crippen LogP contribution in [0.25, 0.3) is 0 Å². The normalized spacial score (nSPS) is 12.7. The van der Waals surface area contributed by atoms with Gasteiger partial charge in [0.25, 0.3) is 0 Å². The van der Waals surface area contributed by atoms with Gasteiger partial charge in [0.05, 0.1) is 6.04 Å². The molecule has 0 saturated heterocycles. The Kier molecular flexibility index (Phi) is 3.08. The maximum absolute atomic E-state index is 12.8. The molecule has 78 valence electrons. The number of thiazole rings is 1. The van der Waals surface area contributed by atoms with Gasteiger partial charge in [-0.05, 0) is 24.7 Å². The molecule has 0 spiro atoms. The highest BCUT2D eigenvalue weighted by atomic mass is 32.1. The predicted octanol–water partition coefficient (Wildman–Crippen LogP) is 2.59. The summed E-state index contributed by atoms with van der Waals surface area (Å²) in [7, 11) is 1.87. The maximum atomic E-state index is 12.8. The minimum absolute atomic E-state index is 0.0469. The predicted molar refractivity (Wildman–Crippen MR) is 59.4 cm³/mol. The van der Waals surface area contributed by atoms with Gasteiger partial charge in [-0.3, -0.25) is 0 Å². The van der Waals surface area contributed by atoms with Gasteiger partial charge in [-0.25, -0.2) is 9.37 Å². The van der Waals surface area contributed by atoms with Crippen LogP contribution in [-0.2, 0) is 0 Å². The van der Waals surface area contributed by atoms with Crippen molar-refractivity contribution in [2.75, 3.05) is 7.05 Å². The van der Waals surface area contributed by atoms with Gasteiger partial charge in [-0.1, -0.05) is 12.1 Å². The van der Waals surface area contributed by atoms with Crippen LogP contribution in [0.15, 0.2) is 35.8 Å². The Morgan fingerprint density at radius 1 is 1.33 bits per heavy atom. The molecule has 2 aromatic rings. The Morgan fingerprint density at radius 3 is 2.60 bits per heavy atom. The summed E-state index contributed by atoms with van der Waals surface area (Å²) in [5.74, 6) is -0.215. The second-order valence-corrected chi connectivity index (χ2v) is 4.07. The maximum Gasteiger partial charge on any atom is 0.123 e. The van der Waals surface area contributed by atoms with Gasteiger partial charge in [0.1, 0.15) is 10.8 Å². The zero-order chi connectivity index (χ0) is 10.7. The van der Waals surface area contributed by atoms with E-state index in [0.29, 0.717) is 0 Å². The lowest BCUT2D eigenvalue weighted by atomic mass is 10.1. The van der Waals surface area contributed by atoms with Crippen molar-refractivity contribution in [1.82, 2.24) is 10.3 Å². The zero-order valence-corrected chi connectivity index (χ0v) is 9.09. The molecule has 0 amide bonds. The second-order valence-electron chi connectivity index (χ2n) is 3.14. The van der Waals surface area contributed by atoms with Crippen LogP contribution in [0.2, 0.25) is 0 Å². The van der Waals surface area contributed by atoms with E-state index in [1.165, 1.54) is 12.1 Å². The average Bonchev–Trinajstić information content (AvgIpc) is 2.75. The van der Waals surface area contributed by atoms with Crippen molar-refractivity contribution in [3.05, 3.63) is 52.2 Å². The third kappa shape index (κ3) is 2.22. The lowest BCUT2D eigenvalue weighted by Gasteiger charge is -2.13. The van der Waals surface area contributed by atoms with Crippen LogP contribution in [0.3, 0.4) is 0 Å². The van der Waals surface area contributed by atoms with Gasteiger partial charge >= 0.3 is 0 Å². The molecule has 1 heterocycles. The molecule has 2 nitrogen and oxygen atoms in total. The molecule has 0 bridgehead atoms. The Hall–Kier alpha value is -1.26. The van der Waals surface area contributed by atoms with E-state index in [1.807, 2.05) is 12.4 Å². The van der Waals surface area contributed by atoms with Gasteiger partial charge < -0.3 is 5.32 Å². The highest BCUT2D eigenvalue weighted by molar-refractivity contribution is 7.09. The Bertz CT molecular complexity index is 411. The van der Waals surface area contributed by atoms with Crippen molar-refractivity contribution in [1.29, 1.82) is 0 Å². The summed E-state index contributed by atoms with van der Waals surface area (Å²) in [5.41, 5.74) is 1.02. The van der Waals surface area contributed by atoms with Crippen LogP contribution in [0, 0.1) is 5.82 Å². The molecule has 1 aromatic carbocycles. The molecular weight excluding hydrogens is 211 g/mol. The molecule has 1 N–H and O–H groups in total. The second kappa shape index (κ2) is 4.51. The van der Waals surface area contributed by atoms with E-state index in [9.17, 15) is 4.39 Å². The van der Waals surface area contributed by atoms with E-state index in [-0.39, 0.29) is 11.9 Å². The van der Waals surface area contributed by atoms with E-state index < -0.39 is 0 Å². The summed E-state index contributed by atoms with van der Waals surface area (Å²) < 4.78 is 12.8. The summed E-state index contributed by atoms with van der Waals surface area (Å²) in [6.07, 6.45) is 1.77. The van der Waals surface area contributed by atoms with Crippen molar-refractivity contribution in [2.45, 2.75) is 6.04 Å². The van der Waals surface area contributed by atoms with E-state index in [1.54, 1.807) is 29.7 Å². The van der Waals surface area contributed by atoms with Crippen LogP contribution in [0.5, 0.6) is 0 Å². The fraction of sp³-hybridized carbons (Fsp3) is 0.182. The molecule has 1 unspecified atom stereocenters. The molecular formula is C11H11FN2S. The van der Waals surface area contributed by atoms with Crippen LogP contribution >= 0.6 is 11.3 Å². The topological polar surface area (TPSA) is 24.9 Å². The van der Waals surface area contributed by atoms with Crippen molar-refractivity contribution in [3.63, 3.8) is 0 Å². The number of benzene rings is 1. The highest BCUT2D eigenvalue weighted by Crippen LogP contribution is 2.23. The molecule has 0 aliphatic carbocycles. The van der Waals surface area contributed by atoms with Crippen LogP contribution in [-0.4, -0.2) is 12.0 Å². The molecule has 1 atom stereocenters. The summed E-state index contributed by atoms with van der Waals surface area (Å²) in [6.45, 7) is 0. The number of nitrogens with one attached hydrogen (secondary N) is 1. The van der Waals surface area contributed by atoms with Gasteiger partial charge in [0, 0.05) is 11.6 Å². The monoisotopic (exact) mass is 222 g/mol. The van der Waals surface area contributed by atoms with E-state index in [2.05, 4.69) is 10.3 Å². The molecule has 0 aliphatic heterocycles. The van der Waals surface area contributed by atoms with Crippen molar-refractivity contribution in [3.8, 4) is 0 Å². The molecule has 2 rings (SSSR count). The van der Waals surface area contributed by atoms with Crippen molar-refractivity contribution < 1.29 is 4.39 Å². The molecule has 1 aromatic heterocycles. The minimum atomic E-state index is -0.215. The lowest BCUT2D eigenvalue weighted by molar-refractivity contribution is 0.623. The van der Waals surface area contributed by atoms with E-state index in [0.717, 1.165) is 10.6 Å². The SMILES string of the molecule is CNC(c1ccc(F)cc1)c1nccs1. The Balaban J connectivity index is 2.31. The fourth-order valence-corrected chi connectivity index (χ4v) is 2.24. The number of hydrogen-bond acceptors (Lipinski definition) is 3. The van der Waals surface area contributed by atoms with Crippen LogP contribution in [0.1, 0.15) is 16.6 Å². The minimum Gasteiger partial charge on any atom is -0.307 e. The number of rotatable bonds is 3. The first-order valence-corrected chi connectivity index (χ1v) is 5.51. The lowest BCUT2D eigenvalue weighted by Crippen LogP contribution is -2.17. The number of halogens is 1. The first-order valence-electron chi connectivity index (χ1n) is 4.63. The summed E-state index contributed by atoms with van der Waals surface area (Å²) in [4.78, 5) is 4.25. The molecule has 0 fully saturated rings. The largest absolute Gasteiger partial charge is 0.307 e.